The Morgan fingerprint density at radius 3 is 1.59 bits per heavy atom. The topological polar surface area (TPSA) is 82.0 Å². The summed E-state index contributed by atoms with van der Waals surface area (Å²) < 4.78 is 5.92. The number of aromatic nitrogens is 7. The predicted molar refractivity (Wildman–Crippen MR) is 131 cm³/mol. The van der Waals surface area contributed by atoms with E-state index in [1.165, 1.54) is 0 Å². The van der Waals surface area contributed by atoms with Gasteiger partial charge in [0, 0.05) is 55.5 Å². The summed E-state index contributed by atoms with van der Waals surface area (Å²) in [7, 11) is 0. The largest absolute Gasteiger partial charge is 0.359 e. The van der Waals surface area contributed by atoms with Crippen LogP contribution in [0.5, 0.6) is 0 Å². The molecule has 0 amide bonds. The van der Waals surface area contributed by atoms with E-state index < -0.39 is 0 Å². The molecular formula is C23H41N9. The Labute approximate surface area is 193 Å². The zero-order valence-electron chi connectivity index (χ0n) is 20.9. The lowest BCUT2D eigenvalue weighted by Gasteiger charge is -2.17. The molecule has 0 aromatic carbocycles. The van der Waals surface area contributed by atoms with E-state index in [4.69, 9.17) is 0 Å². The highest BCUT2D eigenvalue weighted by atomic mass is 15.3. The lowest BCUT2D eigenvalue weighted by molar-refractivity contribution is 0.390. The van der Waals surface area contributed by atoms with Crippen LogP contribution in [0.1, 0.15) is 73.5 Å². The van der Waals surface area contributed by atoms with Crippen molar-refractivity contribution in [3.63, 3.8) is 0 Å². The van der Waals surface area contributed by atoms with E-state index in [0.717, 1.165) is 13.1 Å². The van der Waals surface area contributed by atoms with E-state index in [1.54, 1.807) is 25.0 Å². The summed E-state index contributed by atoms with van der Waals surface area (Å²) in [5.74, 6) is 0. The van der Waals surface area contributed by atoms with Crippen LogP contribution in [0.4, 0.5) is 0 Å². The molecule has 0 fully saturated rings. The molecule has 0 unspecified atom stereocenters. The summed E-state index contributed by atoms with van der Waals surface area (Å²) in [5.41, 5.74) is 0. The lowest BCUT2D eigenvalue weighted by Crippen LogP contribution is -2.27. The van der Waals surface area contributed by atoms with Crippen LogP contribution in [0.25, 0.3) is 0 Å². The Kier molecular flexibility index (Phi) is 12.6. The zero-order valence-corrected chi connectivity index (χ0v) is 20.9. The van der Waals surface area contributed by atoms with Gasteiger partial charge in [-0.05, 0) is 61.5 Å². The summed E-state index contributed by atoms with van der Waals surface area (Å²) in [5, 5.41) is 11.3. The molecule has 4 rings (SSSR count). The molecule has 4 heterocycles. The quantitative estimate of drug-likeness (QED) is 0.592. The number of nitrogens with zero attached hydrogens (tertiary/aromatic N) is 9. The maximum atomic E-state index is 4.09. The molecule has 0 bridgehead atoms. The fourth-order valence-corrected chi connectivity index (χ4v) is 2.42. The van der Waals surface area contributed by atoms with Gasteiger partial charge in [-0.1, -0.05) is 0 Å². The average Bonchev–Trinajstić information content (AvgIpc) is 3.56. The van der Waals surface area contributed by atoms with Crippen molar-refractivity contribution >= 4 is 6.34 Å². The van der Waals surface area contributed by atoms with E-state index in [-0.39, 0.29) is 0 Å². The van der Waals surface area contributed by atoms with E-state index in [2.05, 4.69) is 90.1 Å². The summed E-state index contributed by atoms with van der Waals surface area (Å²) in [4.78, 5) is 10.2. The molecule has 3 aromatic rings. The molecule has 32 heavy (non-hydrogen) atoms. The van der Waals surface area contributed by atoms with Crippen molar-refractivity contribution in [2.24, 2.45) is 4.99 Å². The molecule has 0 aliphatic carbocycles. The van der Waals surface area contributed by atoms with Gasteiger partial charge in [0.15, 0.2) is 0 Å². The third kappa shape index (κ3) is 10.9. The van der Waals surface area contributed by atoms with Crippen molar-refractivity contribution in [1.29, 1.82) is 0 Å². The summed E-state index contributed by atoms with van der Waals surface area (Å²) in [6.07, 6.45) is 14.7. The van der Waals surface area contributed by atoms with Gasteiger partial charge in [-0.15, -0.1) is 10.2 Å². The summed E-state index contributed by atoms with van der Waals surface area (Å²) in [6, 6.07) is 4.06. The van der Waals surface area contributed by atoms with Crippen LogP contribution in [0.2, 0.25) is 0 Å². The number of hydrogen-bond acceptors (Lipinski definition) is 6. The molecule has 3 aromatic heterocycles. The zero-order chi connectivity index (χ0) is 23.9. The van der Waals surface area contributed by atoms with Crippen LogP contribution in [0.3, 0.4) is 0 Å². The molecule has 0 saturated carbocycles. The second kappa shape index (κ2) is 14.9. The molecule has 0 N–H and O–H groups in total. The summed E-state index contributed by atoms with van der Waals surface area (Å²) >= 11 is 0. The highest BCUT2D eigenvalue weighted by Gasteiger charge is 2.06. The highest BCUT2D eigenvalue weighted by Crippen LogP contribution is 2.00. The molecule has 9 nitrogen and oxygen atoms in total. The van der Waals surface area contributed by atoms with Crippen LogP contribution in [-0.4, -0.2) is 64.5 Å². The molecule has 1 aliphatic rings. The molecule has 1 aliphatic heterocycles. The minimum Gasteiger partial charge on any atom is -0.359 e. The van der Waals surface area contributed by atoms with Gasteiger partial charge >= 0.3 is 0 Å². The van der Waals surface area contributed by atoms with Crippen LogP contribution in [0.15, 0.2) is 54.8 Å². The van der Waals surface area contributed by atoms with Gasteiger partial charge in [0.25, 0.3) is 0 Å². The van der Waals surface area contributed by atoms with Crippen molar-refractivity contribution < 1.29 is 0 Å². The maximum absolute atomic E-state index is 4.09. The normalized spacial score (nSPS) is 12.4. The molecule has 0 spiro atoms. The molecule has 9 heteroatoms. The summed E-state index contributed by atoms with van der Waals surface area (Å²) in [6.45, 7) is 19.1. The molecular weight excluding hydrogens is 402 g/mol. The maximum Gasteiger partial charge on any atom is 0.119 e. The van der Waals surface area contributed by atoms with Crippen LogP contribution in [-0.2, 0) is 0 Å². The Bertz CT molecular complexity index is 711. The van der Waals surface area contributed by atoms with E-state index >= 15 is 0 Å². The second-order valence-corrected chi connectivity index (χ2v) is 8.54. The van der Waals surface area contributed by atoms with Crippen LogP contribution >= 0.6 is 0 Å². The highest BCUT2D eigenvalue weighted by molar-refractivity contribution is 5.57. The lowest BCUT2D eigenvalue weighted by atomic mass is 10.3. The van der Waals surface area contributed by atoms with Gasteiger partial charge in [-0.25, -0.2) is 4.98 Å². The van der Waals surface area contributed by atoms with E-state index in [0.29, 0.717) is 24.2 Å². The Hall–Kier alpha value is -2.97. The van der Waals surface area contributed by atoms with Gasteiger partial charge in [0.05, 0.1) is 19.2 Å². The van der Waals surface area contributed by atoms with E-state index in [9.17, 15) is 0 Å². The SMILES string of the molecule is CC(C)N1C=NCC1.CC(C)n1cccn1.CC(C)n1ccnc1.CC(C)n1cnnc1. The minimum atomic E-state index is 0.477. The number of imidazole rings is 1. The molecule has 0 atom stereocenters. The monoisotopic (exact) mass is 443 g/mol. The van der Waals surface area contributed by atoms with Gasteiger partial charge in [0.2, 0.25) is 0 Å². The fraction of sp³-hybridized carbons (Fsp3) is 0.609. The molecule has 178 valence electrons. The molecule has 0 radical (unpaired) electrons. The smallest absolute Gasteiger partial charge is 0.119 e. The predicted octanol–water partition coefficient (Wildman–Crippen LogP) is 4.53. The standard InChI is InChI=1S/C6H12N2.2C6H10N2.C5H9N3/c2*1-6(2)8-4-3-7-5-8;1-6(2)8-5-3-4-7-8;1-5(2)8-3-6-7-4-8/h5-6H,3-4H2,1-2H3;2*3-6H,1-2H3;3-5H,1-2H3. The van der Waals surface area contributed by atoms with Gasteiger partial charge in [-0.3, -0.25) is 9.67 Å². The second-order valence-electron chi connectivity index (χ2n) is 8.54. The van der Waals surface area contributed by atoms with Gasteiger partial charge in [-0.2, -0.15) is 5.10 Å². The van der Waals surface area contributed by atoms with Crippen LogP contribution < -0.4 is 0 Å². The third-order valence-corrected chi connectivity index (χ3v) is 4.59. The first-order chi connectivity index (χ1) is 15.2. The molecule has 0 saturated heterocycles. The first-order valence-corrected chi connectivity index (χ1v) is 11.3. The number of rotatable bonds is 4. The third-order valence-electron chi connectivity index (χ3n) is 4.59. The van der Waals surface area contributed by atoms with E-state index in [1.807, 2.05) is 40.4 Å². The van der Waals surface area contributed by atoms with Crippen LogP contribution in [0, 0.1) is 0 Å². The van der Waals surface area contributed by atoms with Crippen molar-refractivity contribution in [3.8, 4) is 0 Å². The van der Waals surface area contributed by atoms with Gasteiger partial charge in [0.1, 0.15) is 12.7 Å². The average molecular weight is 444 g/mol. The fourth-order valence-electron chi connectivity index (χ4n) is 2.42. The number of hydrogen-bond donors (Lipinski definition) is 0. The first kappa shape index (κ1) is 27.1. The van der Waals surface area contributed by atoms with Crippen molar-refractivity contribution in [1.82, 2.24) is 39.0 Å². The van der Waals surface area contributed by atoms with Crippen molar-refractivity contribution in [2.75, 3.05) is 13.1 Å². The first-order valence-electron chi connectivity index (χ1n) is 11.3. The van der Waals surface area contributed by atoms with Gasteiger partial charge < -0.3 is 14.0 Å². The Morgan fingerprint density at radius 2 is 1.34 bits per heavy atom. The Balaban J connectivity index is 0.000000213. The Morgan fingerprint density at radius 1 is 0.688 bits per heavy atom. The number of aliphatic imine (C=N–C) groups is 1. The van der Waals surface area contributed by atoms with Crippen molar-refractivity contribution in [3.05, 3.63) is 49.8 Å². The minimum absolute atomic E-state index is 0.477. The van der Waals surface area contributed by atoms with Crippen molar-refractivity contribution in [2.45, 2.75) is 79.6 Å².